The number of nitrogens with zero attached hydrogens (tertiary/aromatic N) is 5. The molecule has 0 bridgehead atoms. The summed E-state index contributed by atoms with van der Waals surface area (Å²) in [4.78, 5) is 15.9. The number of halogens is 1. The van der Waals surface area contributed by atoms with Crippen LogP contribution in [0.3, 0.4) is 0 Å². The Morgan fingerprint density at radius 3 is 2.69 bits per heavy atom. The first kappa shape index (κ1) is 19.5. The van der Waals surface area contributed by atoms with Gasteiger partial charge in [-0.25, -0.2) is 19.3 Å². The molecule has 4 heterocycles. The number of fused-ring (bicyclic) bond motifs is 1. The molecular weight excluding hydrogens is 411 g/mol. The number of aromatic amines is 1. The third kappa shape index (κ3) is 3.58. The number of methoxy groups -OCH3 is 1. The van der Waals surface area contributed by atoms with E-state index in [4.69, 9.17) is 4.74 Å². The third-order valence-electron chi connectivity index (χ3n) is 4.84. The molecule has 0 amide bonds. The van der Waals surface area contributed by atoms with E-state index in [2.05, 4.69) is 35.7 Å². The number of aryl methyl sites for hydroxylation is 1. The van der Waals surface area contributed by atoms with E-state index in [0.29, 0.717) is 51.2 Å². The van der Waals surface area contributed by atoms with Crippen LogP contribution in [-0.2, 0) is 7.05 Å². The average molecular weight is 430 g/mol. The minimum Gasteiger partial charge on any atom is -0.494 e. The normalized spacial score (nSPS) is 11.0. The summed E-state index contributed by atoms with van der Waals surface area (Å²) in [5.41, 5.74) is 2.25. The zero-order valence-electron chi connectivity index (χ0n) is 17.3. The van der Waals surface area contributed by atoms with Gasteiger partial charge in [-0.05, 0) is 24.3 Å². The molecule has 0 fully saturated rings. The summed E-state index contributed by atoms with van der Waals surface area (Å²) in [6.45, 7) is 0. The first-order valence-electron chi connectivity index (χ1n) is 9.78. The Labute approximate surface area is 182 Å². The van der Waals surface area contributed by atoms with E-state index in [9.17, 15) is 4.39 Å². The van der Waals surface area contributed by atoms with E-state index in [1.54, 1.807) is 37.4 Å². The zero-order valence-corrected chi connectivity index (χ0v) is 17.3. The highest BCUT2D eigenvalue weighted by Gasteiger charge is 2.18. The van der Waals surface area contributed by atoms with Crippen molar-refractivity contribution in [1.29, 1.82) is 0 Å². The monoisotopic (exact) mass is 430 g/mol. The van der Waals surface area contributed by atoms with Gasteiger partial charge in [0.05, 0.1) is 29.4 Å². The van der Waals surface area contributed by atoms with Crippen molar-refractivity contribution in [3.8, 4) is 17.1 Å². The number of H-pyrrole nitrogens is 1. The molecule has 0 saturated heterocycles. The van der Waals surface area contributed by atoms with E-state index in [1.165, 1.54) is 6.20 Å². The summed E-state index contributed by atoms with van der Waals surface area (Å²) in [6, 6.07) is 12.8. The Hall–Kier alpha value is -4.47. The second-order valence-electron chi connectivity index (χ2n) is 7.01. The van der Waals surface area contributed by atoms with Crippen molar-refractivity contribution in [3.63, 3.8) is 0 Å². The first-order valence-corrected chi connectivity index (χ1v) is 9.78. The molecule has 0 atom stereocenters. The molecule has 0 aliphatic carbocycles. The van der Waals surface area contributed by atoms with Crippen LogP contribution < -0.4 is 15.4 Å². The smallest absolute Gasteiger partial charge is 0.184 e. The van der Waals surface area contributed by atoms with E-state index in [0.717, 1.165) is 0 Å². The highest BCUT2D eigenvalue weighted by Crippen LogP contribution is 2.38. The molecule has 0 spiro atoms. The van der Waals surface area contributed by atoms with Gasteiger partial charge < -0.3 is 20.4 Å². The van der Waals surface area contributed by atoms with Crippen molar-refractivity contribution in [2.24, 2.45) is 7.05 Å². The molecule has 0 aliphatic heterocycles. The van der Waals surface area contributed by atoms with Gasteiger partial charge in [-0.1, -0.05) is 12.1 Å². The van der Waals surface area contributed by atoms with E-state index >= 15 is 0 Å². The molecule has 0 saturated carbocycles. The Balaban J connectivity index is 1.58. The largest absolute Gasteiger partial charge is 0.494 e. The number of nitrogens with one attached hydrogen (secondary N) is 3. The van der Waals surface area contributed by atoms with Gasteiger partial charge in [0, 0.05) is 25.5 Å². The fourth-order valence-electron chi connectivity index (χ4n) is 3.46. The predicted molar refractivity (Wildman–Crippen MR) is 120 cm³/mol. The Morgan fingerprint density at radius 2 is 1.94 bits per heavy atom. The molecular formula is C22H19FN8O. The number of hydrogen-bond donors (Lipinski definition) is 3. The molecule has 0 aliphatic rings. The van der Waals surface area contributed by atoms with E-state index < -0.39 is 5.82 Å². The van der Waals surface area contributed by atoms with Crippen LogP contribution >= 0.6 is 0 Å². The van der Waals surface area contributed by atoms with Gasteiger partial charge in [-0.15, -0.1) is 0 Å². The van der Waals surface area contributed by atoms with Gasteiger partial charge in [0.1, 0.15) is 23.6 Å². The van der Waals surface area contributed by atoms with Crippen LogP contribution in [0.4, 0.5) is 27.4 Å². The van der Waals surface area contributed by atoms with Gasteiger partial charge in [0.15, 0.2) is 17.4 Å². The third-order valence-corrected chi connectivity index (χ3v) is 4.84. The molecule has 0 unspecified atom stereocenters. The highest BCUT2D eigenvalue weighted by molar-refractivity contribution is 5.95. The first-order chi connectivity index (χ1) is 15.6. The molecule has 10 heteroatoms. The van der Waals surface area contributed by atoms with Crippen molar-refractivity contribution >= 4 is 34.0 Å². The Kier molecular flexibility index (Phi) is 4.86. The SMILES string of the molecule is COc1c(Nc2cc(Nc3ccccn3)nc3[nH]cc(F)c23)cccc1-c1ncn(C)n1. The van der Waals surface area contributed by atoms with Gasteiger partial charge in [0.2, 0.25) is 0 Å². The highest BCUT2D eigenvalue weighted by atomic mass is 19.1. The molecule has 32 heavy (non-hydrogen) atoms. The topological polar surface area (TPSA) is 106 Å². The zero-order chi connectivity index (χ0) is 22.1. The van der Waals surface area contributed by atoms with Gasteiger partial charge >= 0.3 is 0 Å². The molecule has 1 aromatic carbocycles. The molecule has 9 nitrogen and oxygen atoms in total. The fraction of sp³-hybridized carbons (Fsp3) is 0.0909. The number of para-hydroxylation sites is 1. The number of benzene rings is 1. The van der Waals surface area contributed by atoms with Crippen LogP contribution in [0.1, 0.15) is 0 Å². The Morgan fingerprint density at radius 1 is 1.03 bits per heavy atom. The number of rotatable bonds is 6. The summed E-state index contributed by atoms with van der Waals surface area (Å²) >= 11 is 0. The summed E-state index contributed by atoms with van der Waals surface area (Å²) < 4.78 is 21.9. The second-order valence-corrected chi connectivity index (χ2v) is 7.01. The fourth-order valence-corrected chi connectivity index (χ4v) is 3.46. The van der Waals surface area contributed by atoms with Gasteiger partial charge in [-0.2, -0.15) is 5.10 Å². The van der Waals surface area contributed by atoms with Crippen LogP contribution in [0.15, 0.2) is 61.2 Å². The lowest BCUT2D eigenvalue weighted by molar-refractivity contribution is 0.418. The van der Waals surface area contributed by atoms with Crippen molar-refractivity contribution in [1.82, 2.24) is 29.7 Å². The summed E-state index contributed by atoms with van der Waals surface area (Å²) in [6.07, 6.45) is 4.57. The summed E-state index contributed by atoms with van der Waals surface area (Å²) in [5, 5.41) is 11.1. The Bertz CT molecular complexity index is 1400. The minimum atomic E-state index is -0.416. The van der Waals surface area contributed by atoms with Crippen molar-refractivity contribution in [3.05, 3.63) is 67.0 Å². The maximum absolute atomic E-state index is 14.6. The lowest BCUT2D eigenvalue weighted by Gasteiger charge is -2.15. The number of ether oxygens (including phenoxy) is 1. The maximum Gasteiger partial charge on any atom is 0.184 e. The predicted octanol–water partition coefficient (Wildman–Crippen LogP) is 4.39. The van der Waals surface area contributed by atoms with Crippen LogP contribution in [0.25, 0.3) is 22.4 Å². The summed E-state index contributed by atoms with van der Waals surface area (Å²) in [5.74, 6) is 1.78. The second kappa shape index (κ2) is 7.99. The van der Waals surface area contributed by atoms with Crippen molar-refractivity contribution in [2.45, 2.75) is 0 Å². The number of pyridine rings is 2. The van der Waals surface area contributed by atoms with E-state index in [1.807, 2.05) is 36.4 Å². The maximum atomic E-state index is 14.6. The van der Waals surface area contributed by atoms with Crippen molar-refractivity contribution < 1.29 is 9.13 Å². The van der Waals surface area contributed by atoms with Crippen molar-refractivity contribution in [2.75, 3.05) is 17.7 Å². The quantitative estimate of drug-likeness (QED) is 0.367. The standard InChI is InChI=1S/C22H19FN8O/c1-31-12-26-21(30-31)13-6-5-7-15(20(13)32-2)27-16-10-18(28-17-8-3-4-9-24-17)29-22-19(16)14(23)11-25-22/h3-12H,1-2H3,(H3,24,25,27,28,29). The molecule has 3 N–H and O–H groups in total. The molecule has 160 valence electrons. The molecule has 4 aromatic heterocycles. The average Bonchev–Trinajstić information content (AvgIpc) is 3.40. The van der Waals surface area contributed by atoms with E-state index in [-0.39, 0.29) is 0 Å². The minimum absolute atomic E-state index is 0.333. The lowest BCUT2D eigenvalue weighted by atomic mass is 10.1. The summed E-state index contributed by atoms with van der Waals surface area (Å²) in [7, 11) is 3.36. The molecule has 0 radical (unpaired) electrons. The van der Waals surface area contributed by atoms with Crippen LogP contribution in [0.2, 0.25) is 0 Å². The van der Waals surface area contributed by atoms with Gasteiger partial charge in [-0.3, -0.25) is 4.68 Å². The lowest BCUT2D eigenvalue weighted by Crippen LogP contribution is -2.01. The van der Waals surface area contributed by atoms with Crippen LogP contribution in [0.5, 0.6) is 5.75 Å². The number of aromatic nitrogens is 6. The van der Waals surface area contributed by atoms with Gasteiger partial charge in [0.25, 0.3) is 0 Å². The van der Waals surface area contributed by atoms with Crippen LogP contribution in [-0.4, -0.2) is 36.8 Å². The molecule has 5 aromatic rings. The molecule has 5 rings (SSSR count). The number of anilines is 4. The number of hydrogen-bond acceptors (Lipinski definition) is 7. The van der Waals surface area contributed by atoms with Crippen LogP contribution in [0, 0.1) is 5.82 Å².